The number of nitrogens with zero attached hydrogens (tertiary/aromatic N) is 2. The van der Waals surface area contributed by atoms with Crippen LogP contribution in [0.2, 0.25) is 0 Å². The summed E-state index contributed by atoms with van der Waals surface area (Å²) in [6, 6.07) is 1.49. The van der Waals surface area contributed by atoms with Crippen LogP contribution in [-0.4, -0.2) is 60.3 Å². The van der Waals surface area contributed by atoms with Gasteiger partial charge in [-0.05, 0) is 39.3 Å². The second-order valence-electron chi connectivity index (χ2n) is 4.75. The number of likely N-dealkylation sites (tertiary alicyclic amines) is 1. The molecule has 0 aromatic carbocycles. The van der Waals surface area contributed by atoms with Crippen LogP contribution in [0.15, 0.2) is 0 Å². The Kier molecular flexibility index (Phi) is 3.42. The van der Waals surface area contributed by atoms with Gasteiger partial charge in [-0.1, -0.05) is 0 Å². The molecule has 1 aliphatic heterocycles. The maximum atomic E-state index is 9.05. The highest BCUT2D eigenvalue weighted by Gasteiger charge is 2.34. The molecule has 3 heteroatoms. The maximum Gasteiger partial charge on any atom is 0.0558 e. The van der Waals surface area contributed by atoms with E-state index in [-0.39, 0.29) is 0 Å². The Morgan fingerprint density at radius 3 is 2.64 bits per heavy atom. The summed E-state index contributed by atoms with van der Waals surface area (Å²) in [5, 5.41) is 9.05. The van der Waals surface area contributed by atoms with Crippen LogP contribution in [-0.2, 0) is 0 Å². The van der Waals surface area contributed by atoms with Gasteiger partial charge in [0.2, 0.25) is 0 Å². The molecule has 1 aliphatic carbocycles. The lowest BCUT2D eigenvalue weighted by atomic mass is 10.0. The zero-order chi connectivity index (χ0) is 9.97. The average molecular weight is 198 g/mol. The summed E-state index contributed by atoms with van der Waals surface area (Å²) in [5.74, 6) is 0. The van der Waals surface area contributed by atoms with Crippen molar-refractivity contribution in [3.63, 3.8) is 0 Å². The standard InChI is InChI=1S/C11H22N2O/c1-12-6-2-3-11(9-12)13(7-8-14)10-4-5-10/h10-11,14H,2-9H2,1H3/t11-/m0/s1. The van der Waals surface area contributed by atoms with E-state index in [0.29, 0.717) is 12.6 Å². The van der Waals surface area contributed by atoms with Gasteiger partial charge in [0.25, 0.3) is 0 Å². The van der Waals surface area contributed by atoms with Crippen LogP contribution in [0.3, 0.4) is 0 Å². The van der Waals surface area contributed by atoms with E-state index in [1.165, 1.54) is 38.8 Å². The smallest absolute Gasteiger partial charge is 0.0558 e. The fraction of sp³-hybridized carbons (Fsp3) is 1.00. The van der Waals surface area contributed by atoms with Crippen molar-refractivity contribution < 1.29 is 5.11 Å². The van der Waals surface area contributed by atoms with E-state index in [9.17, 15) is 0 Å². The Balaban J connectivity index is 1.88. The van der Waals surface area contributed by atoms with E-state index in [4.69, 9.17) is 5.11 Å². The molecule has 2 rings (SSSR count). The lowest BCUT2D eigenvalue weighted by molar-refractivity contribution is 0.0866. The SMILES string of the molecule is CN1CCC[C@H](N(CCO)C2CC2)C1. The largest absolute Gasteiger partial charge is 0.395 e. The number of piperidine rings is 1. The third kappa shape index (κ3) is 2.47. The first kappa shape index (κ1) is 10.4. The molecule has 0 radical (unpaired) electrons. The average Bonchev–Trinajstić information content (AvgIpc) is 2.97. The van der Waals surface area contributed by atoms with Crippen LogP contribution in [0.1, 0.15) is 25.7 Å². The Morgan fingerprint density at radius 1 is 1.29 bits per heavy atom. The number of hydrogen-bond acceptors (Lipinski definition) is 3. The molecule has 1 saturated heterocycles. The van der Waals surface area contributed by atoms with Gasteiger partial charge in [-0.3, -0.25) is 4.90 Å². The van der Waals surface area contributed by atoms with Crippen LogP contribution in [0, 0.1) is 0 Å². The van der Waals surface area contributed by atoms with Crippen molar-refractivity contribution >= 4 is 0 Å². The first-order valence-electron chi connectivity index (χ1n) is 5.86. The van der Waals surface area contributed by atoms with Gasteiger partial charge in [-0.15, -0.1) is 0 Å². The lowest BCUT2D eigenvalue weighted by Crippen LogP contribution is -2.48. The topological polar surface area (TPSA) is 26.7 Å². The van der Waals surface area contributed by atoms with E-state index < -0.39 is 0 Å². The van der Waals surface area contributed by atoms with Gasteiger partial charge in [0.1, 0.15) is 0 Å². The molecule has 1 saturated carbocycles. The van der Waals surface area contributed by atoms with E-state index in [0.717, 1.165) is 12.6 Å². The molecule has 0 aromatic rings. The highest BCUT2D eigenvalue weighted by molar-refractivity contribution is 4.90. The second-order valence-corrected chi connectivity index (χ2v) is 4.75. The van der Waals surface area contributed by atoms with Gasteiger partial charge < -0.3 is 10.0 Å². The maximum absolute atomic E-state index is 9.05. The highest BCUT2D eigenvalue weighted by atomic mass is 16.3. The monoisotopic (exact) mass is 198 g/mol. The minimum Gasteiger partial charge on any atom is -0.395 e. The van der Waals surface area contributed by atoms with Crippen molar-refractivity contribution in [2.75, 3.05) is 33.3 Å². The molecule has 14 heavy (non-hydrogen) atoms. The Bertz CT molecular complexity index is 182. The summed E-state index contributed by atoms with van der Waals surface area (Å²) < 4.78 is 0. The fourth-order valence-corrected chi connectivity index (χ4v) is 2.59. The first-order chi connectivity index (χ1) is 6.81. The highest BCUT2D eigenvalue weighted by Crippen LogP contribution is 2.30. The molecule has 0 aromatic heterocycles. The minimum atomic E-state index is 0.316. The Hall–Kier alpha value is -0.120. The first-order valence-corrected chi connectivity index (χ1v) is 5.86. The van der Waals surface area contributed by atoms with Crippen molar-refractivity contribution in [1.82, 2.24) is 9.80 Å². The Labute approximate surface area is 86.7 Å². The molecule has 0 spiro atoms. The van der Waals surface area contributed by atoms with Crippen LogP contribution < -0.4 is 0 Å². The molecular formula is C11H22N2O. The molecular weight excluding hydrogens is 176 g/mol. The van der Waals surface area contributed by atoms with Crippen molar-refractivity contribution in [3.8, 4) is 0 Å². The van der Waals surface area contributed by atoms with Gasteiger partial charge in [-0.2, -0.15) is 0 Å². The van der Waals surface area contributed by atoms with Crippen LogP contribution >= 0.6 is 0 Å². The van der Waals surface area contributed by atoms with Crippen molar-refractivity contribution in [1.29, 1.82) is 0 Å². The zero-order valence-corrected chi connectivity index (χ0v) is 9.15. The third-order valence-electron chi connectivity index (χ3n) is 3.44. The zero-order valence-electron chi connectivity index (χ0n) is 9.15. The van der Waals surface area contributed by atoms with E-state index >= 15 is 0 Å². The number of likely N-dealkylation sites (N-methyl/N-ethyl adjacent to an activating group) is 1. The van der Waals surface area contributed by atoms with Gasteiger partial charge in [0.15, 0.2) is 0 Å². The quantitative estimate of drug-likeness (QED) is 0.714. The Morgan fingerprint density at radius 2 is 2.07 bits per heavy atom. The summed E-state index contributed by atoms with van der Waals surface area (Å²) >= 11 is 0. The second kappa shape index (κ2) is 4.60. The molecule has 0 unspecified atom stereocenters. The van der Waals surface area contributed by atoms with Crippen LogP contribution in [0.4, 0.5) is 0 Å². The van der Waals surface area contributed by atoms with Crippen molar-refractivity contribution in [3.05, 3.63) is 0 Å². The van der Waals surface area contributed by atoms with Crippen LogP contribution in [0.5, 0.6) is 0 Å². The molecule has 2 aliphatic rings. The van der Waals surface area contributed by atoms with E-state index in [1.54, 1.807) is 0 Å². The predicted molar refractivity (Wildman–Crippen MR) is 57.3 cm³/mol. The summed E-state index contributed by atoms with van der Waals surface area (Å²) in [6.07, 6.45) is 5.33. The molecule has 82 valence electrons. The van der Waals surface area contributed by atoms with E-state index in [2.05, 4.69) is 16.8 Å². The molecule has 0 amide bonds. The number of aliphatic hydroxyl groups excluding tert-OH is 1. The van der Waals surface area contributed by atoms with Gasteiger partial charge in [0, 0.05) is 25.2 Å². The fourth-order valence-electron chi connectivity index (χ4n) is 2.59. The molecule has 1 heterocycles. The number of aliphatic hydroxyl groups is 1. The molecule has 2 fully saturated rings. The van der Waals surface area contributed by atoms with E-state index in [1.807, 2.05) is 0 Å². The van der Waals surface area contributed by atoms with Gasteiger partial charge in [-0.25, -0.2) is 0 Å². The summed E-state index contributed by atoms with van der Waals surface area (Å²) in [4.78, 5) is 4.95. The van der Waals surface area contributed by atoms with Gasteiger partial charge in [0.05, 0.1) is 6.61 Å². The summed E-state index contributed by atoms with van der Waals surface area (Å²) in [5.41, 5.74) is 0. The molecule has 3 nitrogen and oxygen atoms in total. The van der Waals surface area contributed by atoms with Crippen molar-refractivity contribution in [2.24, 2.45) is 0 Å². The minimum absolute atomic E-state index is 0.316. The third-order valence-corrected chi connectivity index (χ3v) is 3.44. The van der Waals surface area contributed by atoms with Crippen LogP contribution in [0.25, 0.3) is 0 Å². The normalized spacial score (nSPS) is 29.8. The summed E-state index contributed by atoms with van der Waals surface area (Å²) in [7, 11) is 2.20. The predicted octanol–water partition coefficient (Wildman–Crippen LogP) is 0.537. The molecule has 1 N–H and O–H groups in total. The molecule has 1 atom stereocenters. The number of rotatable bonds is 4. The summed E-state index contributed by atoms with van der Waals surface area (Å²) in [6.45, 7) is 3.63. The molecule has 0 bridgehead atoms. The van der Waals surface area contributed by atoms with Crippen molar-refractivity contribution in [2.45, 2.75) is 37.8 Å². The lowest BCUT2D eigenvalue weighted by Gasteiger charge is -2.37. The van der Waals surface area contributed by atoms with Gasteiger partial charge >= 0.3 is 0 Å². The number of hydrogen-bond donors (Lipinski definition) is 1.